The van der Waals surface area contributed by atoms with Crippen LogP contribution in [0.4, 0.5) is 0 Å². The molecule has 0 bridgehead atoms. The van der Waals surface area contributed by atoms with Gasteiger partial charge in [-0.3, -0.25) is 35.6 Å². The van der Waals surface area contributed by atoms with Gasteiger partial charge in [0.05, 0.1) is 12.1 Å². The Hall–Kier alpha value is -0.360. The molecule has 428 valence electrons. The molecule has 10 aliphatic carbocycles. The van der Waals surface area contributed by atoms with E-state index in [9.17, 15) is 0 Å². The first kappa shape index (κ1) is 52.4. The summed E-state index contributed by atoms with van der Waals surface area (Å²) in [5.41, 5.74) is 0. The number of nitrogens with zero attached hydrogens (tertiary/aromatic N) is 4. The standard InChI is InChI=1S/C67H113N7O2/c1-5-17-46(18-6-1)71(47-19-7-2-8-20-47)52-37-39-62-56(41-52)54-25-13-15-27-60(54)73(62)50-33-29-44(30-34-50)64-68-58-43-59-67(70-66(58)75-64)76-65(69-59)45-31-35-51(36-32-45)74-61-28-16-14-26-55(61)57-42-53(38-40-63(57)74)72(48-21-9-3-10-22-48)49-23-11-4-12-24-49/h44-70H,1-43H2. The molecule has 9 nitrogen and oxygen atoms in total. The van der Waals surface area contributed by atoms with Crippen molar-refractivity contribution in [2.45, 2.75) is 386 Å². The van der Waals surface area contributed by atoms with Crippen molar-refractivity contribution in [3.63, 3.8) is 0 Å². The van der Waals surface area contributed by atoms with Crippen LogP contribution >= 0.6 is 0 Å². The van der Waals surface area contributed by atoms with E-state index in [2.05, 4.69) is 35.6 Å². The van der Waals surface area contributed by atoms with Crippen LogP contribution in [0.1, 0.15) is 276 Å². The Balaban J connectivity index is 0.533. The third kappa shape index (κ3) is 10.2. The molecule has 5 aliphatic heterocycles. The summed E-state index contributed by atoms with van der Waals surface area (Å²) >= 11 is 0. The summed E-state index contributed by atoms with van der Waals surface area (Å²) in [4.78, 5) is 13.1. The zero-order valence-electron chi connectivity index (χ0n) is 48.4. The molecule has 0 amide bonds. The summed E-state index contributed by atoms with van der Waals surface area (Å²) in [5.74, 6) is 5.14. The van der Waals surface area contributed by atoms with E-state index in [4.69, 9.17) is 9.47 Å². The molecule has 15 rings (SSSR count). The molecule has 10 saturated carbocycles. The van der Waals surface area contributed by atoms with Crippen molar-refractivity contribution in [1.29, 1.82) is 0 Å². The van der Waals surface area contributed by atoms with Crippen molar-refractivity contribution in [3.05, 3.63) is 0 Å². The Kier molecular flexibility index (Phi) is 16.1. The summed E-state index contributed by atoms with van der Waals surface area (Å²) in [5, 5.41) is 12.2. The van der Waals surface area contributed by atoms with E-state index in [-0.39, 0.29) is 24.9 Å². The molecule has 16 atom stereocenters. The highest BCUT2D eigenvalue weighted by atomic mass is 16.6. The van der Waals surface area contributed by atoms with Gasteiger partial charge in [0.15, 0.2) is 0 Å². The van der Waals surface area contributed by atoms with E-state index in [1.807, 2.05) is 0 Å². The second-order valence-electron chi connectivity index (χ2n) is 30.4. The zero-order chi connectivity index (χ0) is 50.1. The summed E-state index contributed by atoms with van der Waals surface area (Å²) < 4.78 is 14.1. The maximum Gasteiger partial charge on any atom is 0.127 e. The van der Waals surface area contributed by atoms with E-state index < -0.39 is 0 Å². The molecule has 0 spiro atoms. The molecule has 0 radical (unpaired) electrons. The lowest BCUT2D eigenvalue weighted by atomic mass is 9.71. The fourth-order valence-corrected chi connectivity index (χ4v) is 23.6. The van der Waals surface area contributed by atoms with Crippen LogP contribution in [-0.4, -0.2) is 129 Å². The summed E-state index contributed by atoms with van der Waals surface area (Å²) in [6.45, 7) is 0. The van der Waals surface area contributed by atoms with Gasteiger partial charge in [-0.15, -0.1) is 0 Å². The Bertz CT molecular complexity index is 1680. The normalized spacial score (nSPS) is 48.6. The van der Waals surface area contributed by atoms with Gasteiger partial charge in [-0.1, -0.05) is 103 Å². The molecule has 15 aliphatic rings. The molecule has 0 aromatic heterocycles. The number of hydrogen-bond acceptors (Lipinski definition) is 9. The molecule has 5 saturated heterocycles. The summed E-state index contributed by atoms with van der Waals surface area (Å²) in [6.07, 6.45) is 63.3. The average molecular weight is 1050 g/mol. The minimum absolute atomic E-state index is 0.0821. The second kappa shape index (κ2) is 23.4. The third-order valence-electron chi connectivity index (χ3n) is 26.8. The fourth-order valence-electron chi connectivity index (χ4n) is 23.6. The molecule has 5 heterocycles. The monoisotopic (exact) mass is 1050 g/mol. The minimum Gasteiger partial charge on any atom is -0.343 e. The van der Waals surface area contributed by atoms with Crippen LogP contribution in [0, 0.1) is 35.5 Å². The van der Waals surface area contributed by atoms with E-state index in [0.717, 1.165) is 103 Å². The molecule has 0 aromatic rings. The Morgan fingerprint density at radius 2 is 0.605 bits per heavy atom. The number of likely N-dealkylation sites (tertiary alicyclic amines) is 2. The Morgan fingerprint density at radius 3 is 0.987 bits per heavy atom. The van der Waals surface area contributed by atoms with Crippen LogP contribution in [0.25, 0.3) is 0 Å². The lowest BCUT2D eigenvalue weighted by Gasteiger charge is -2.50. The van der Waals surface area contributed by atoms with Crippen LogP contribution < -0.4 is 16.0 Å². The first-order valence-electron chi connectivity index (χ1n) is 35.4. The van der Waals surface area contributed by atoms with Crippen molar-refractivity contribution in [3.8, 4) is 0 Å². The third-order valence-corrected chi connectivity index (χ3v) is 26.8. The number of rotatable bonds is 10. The van der Waals surface area contributed by atoms with Gasteiger partial charge in [0.25, 0.3) is 0 Å². The van der Waals surface area contributed by atoms with Crippen LogP contribution in [0.15, 0.2) is 0 Å². The smallest absolute Gasteiger partial charge is 0.127 e. The largest absolute Gasteiger partial charge is 0.343 e. The quantitative estimate of drug-likeness (QED) is 0.199. The maximum absolute atomic E-state index is 7.04. The highest BCUT2D eigenvalue weighted by molar-refractivity contribution is 5.11. The van der Waals surface area contributed by atoms with Crippen molar-refractivity contribution in [2.75, 3.05) is 0 Å². The van der Waals surface area contributed by atoms with Gasteiger partial charge < -0.3 is 9.47 Å². The van der Waals surface area contributed by atoms with Crippen LogP contribution in [0.5, 0.6) is 0 Å². The predicted octanol–water partition coefficient (Wildman–Crippen LogP) is 13.1. The number of nitrogens with one attached hydrogen (secondary N) is 3. The van der Waals surface area contributed by atoms with Crippen LogP contribution in [0.3, 0.4) is 0 Å². The van der Waals surface area contributed by atoms with E-state index in [1.54, 1.807) is 0 Å². The van der Waals surface area contributed by atoms with Gasteiger partial charge in [-0.25, -0.2) is 0 Å². The summed E-state index contributed by atoms with van der Waals surface area (Å²) in [7, 11) is 0. The van der Waals surface area contributed by atoms with Crippen molar-refractivity contribution in [1.82, 2.24) is 35.6 Å². The number of hydrogen-bond donors (Lipinski definition) is 3. The lowest BCUT2D eigenvalue weighted by Crippen LogP contribution is -2.58. The molecule has 3 N–H and O–H groups in total. The van der Waals surface area contributed by atoms with Gasteiger partial charge in [0.1, 0.15) is 24.9 Å². The lowest BCUT2D eigenvalue weighted by molar-refractivity contribution is -0.0876. The molecule has 76 heavy (non-hydrogen) atoms. The molecule has 16 unspecified atom stereocenters. The predicted molar refractivity (Wildman–Crippen MR) is 307 cm³/mol. The van der Waals surface area contributed by atoms with Crippen LogP contribution in [-0.2, 0) is 9.47 Å². The van der Waals surface area contributed by atoms with Crippen LogP contribution in [0.2, 0.25) is 0 Å². The van der Waals surface area contributed by atoms with Crippen molar-refractivity contribution < 1.29 is 9.47 Å². The highest BCUT2D eigenvalue weighted by Crippen LogP contribution is 2.56. The summed E-state index contributed by atoms with van der Waals surface area (Å²) in [6, 6.07) is 11.2. The van der Waals surface area contributed by atoms with Crippen molar-refractivity contribution >= 4 is 0 Å². The van der Waals surface area contributed by atoms with Gasteiger partial charge in [0.2, 0.25) is 0 Å². The number of piperidine rings is 1. The molecular formula is C67H113N7O2. The van der Waals surface area contributed by atoms with E-state index in [0.29, 0.717) is 23.9 Å². The molecule has 0 aromatic carbocycles. The minimum atomic E-state index is 0.0821. The molecule has 9 heteroatoms. The SMILES string of the molecule is C1CCC(N(C2CCCCC2)C2CCC3C(C2)C2CCCCC2N3C2CCC(C3NC4CC5NC(C6CCC(N7C8CCCCC8C8CC(N(C9CCCCC9)C9CCCCC9)CCC87)CC6)OC5NC4O3)CC2)CC1. The first-order valence-corrected chi connectivity index (χ1v) is 35.4. The topological polar surface area (TPSA) is 67.5 Å². The van der Waals surface area contributed by atoms with Gasteiger partial charge in [0, 0.05) is 72.5 Å². The highest BCUT2D eigenvalue weighted by Gasteiger charge is 2.58. The Morgan fingerprint density at radius 1 is 0.263 bits per heavy atom. The van der Waals surface area contributed by atoms with E-state index >= 15 is 0 Å². The Labute approximate surface area is 464 Å². The molecular weight excluding hydrogens is 935 g/mol. The van der Waals surface area contributed by atoms with Gasteiger partial charge in [-0.2, -0.15) is 0 Å². The number of fused-ring (bicyclic) bond motifs is 8. The van der Waals surface area contributed by atoms with E-state index in [1.165, 1.54) is 270 Å². The van der Waals surface area contributed by atoms with Crippen molar-refractivity contribution in [2.24, 2.45) is 35.5 Å². The fraction of sp³-hybridized carbons (Fsp3) is 1.00. The number of ether oxygens (including phenoxy) is 2. The first-order chi connectivity index (χ1) is 37.7. The zero-order valence-corrected chi connectivity index (χ0v) is 48.4. The van der Waals surface area contributed by atoms with Gasteiger partial charge >= 0.3 is 0 Å². The molecule has 15 fully saturated rings. The second-order valence-corrected chi connectivity index (χ2v) is 30.4. The average Bonchev–Trinajstić information content (AvgIpc) is 4.32. The maximum atomic E-state index is 7.04. The van der Waals surface area contributed by atoms with Gasteiger partial charge in [-0.05, 0) is 209 Å².